The summed E-state index contributed by atoms with van der Waals surface area (Å²) in [6.07, 6.45) is 3.66. The number of ether oxygens (including phenoxy) is 1. The zero-order valence-corrected chi connectivity index (χ0v) is 15.4. The highest BCUT2D eigenvalue weighted by Crippen LogP contribution is 2.19. The number of piperidine rings is 1. The summed E-state index contributed by atoms with van der Waals surface area (Å²) in [5, 5.41) is 5.72. The van der Waals surface area contributed by atoms with Crippen LogP contribution in [0.1, 0.15) is 25.5 Å². The van der Waals surface area contributed by atoms with E-state index in [0.717, 1.165) is 36.4 Å². The van der Waals surface area contributed by atoms with Gasteiger partial charge >= 0.3 is 5.97 Å². The van der Waals surface area contributed by atoms with Crippen molar-refractivity contribution in [1.29, 1.82) is 0 Å². The number of aliphatic imine (C=N–C) groups is 1. The molecule has 0 amide bonds. The number of pyridine rings is 1. The summed E-state index contributed by atoms with van der Waals surface area (Å²) in [5.41, 5.74) is 0.989. The monoisotopic (exact) mass is 354 g/mol. The molecule has 1 unspecified atom stereocenters. The van der Waals surface area contributed by atoms with Crippen molar-refractivity contribution >= 4 is 22.7 Å². The molecule has 1 aliphatic rings. The first-order valence-corrected chi connectivity index (χ1v) is 9.17. The Kier molecular flexibility index (Phi) is 6.04. The van der Waals surface area contributed by atoms with Gasteiger partial charge in [0.05, 0.1) is 24.8 Å². The molecule has 1 saturated heterocycles. The topological polar surface area (TPSA) is 66.8 Å². The van der Waals surface area contributed by atoms with Gasteiger partial charge in [0.2, 0.25) is 0 Å². The van der Waals surface area contributed by atoms with Gasteiger partial charge in [0.25, 0.3) is 0 Å². The number of nitrogens with one attached hydrogen (secondary N) is 1. The molecule has 1 atom stereocenters. The number of carbonyl (C=O) groups is 1. The summed E-state index contributed by atoms with van der Waals surface area (Å²) in [4.78, 5) is 23.1. The first kappa shape index (κ1) is 18.2. The lowest BCUT2D eigenvalue weighted by molar-refractivity contribution is -0.149. The second kappa shape index (κ2) is 8.65. The van der Waals surface area contributed by atoms with Crippen LogP contribution in [0.5, 0.6) is 0 Å². The average Bonchev–Trinajstić information content (AvgIpc) is 2.69. The molecule has 138 valence electrons. The molecule has 1 fully saturated rings. The van der Waals surface area contributed by atoms with E-state index in [2.05, 4.69) is 32.3 Å². The molecule has 2 heterocycles. The molecular weight excluding hydrogens is 328 g/mol. The van der Waals surface area contributed by atoms with E-state index in [0.29, 0.717) is 19.7 Å². The zero-order chi connectivity index (χ0) is 18.4. The van der Waals surface area contributed by atoms with Crippen LogP contribution in [-0.2, 0) is 16.1 Å². The van der Waals surface area contributed by atoms with Crippen molar-refractivity contribution < 1.29 is 9.53 Å². The number of hydrogen-bond donors (Lipinski definition) is 1. The number of nitrogens with zero attached hydrogens (tertiary/aromatic N) is 3. The third kappa shape index (κ3) is 4.12. The molecule has 6 nitrogen and oxygen atoms in total. The first-order chi connectivity index (χ1) is 12.7. The first-order valence-electron chi connectivity index (χ1n) is 9.17. The van der Waals surface area contributed by atoms with Crippen LogP contribution in [0, 0.1) is 5.92 Å². The molecule has 3 rings (SSSR count). The summed E-state index contributed by atoms with van der Waals surface area (Å²) in [6.45, 7) is 4.39. The van der Waals surface area contributed by atoms with E-state index in [4.69, 9.17) is 4.74 Å². The number of likely N-dealkylation sites (tertiary alicyclic amines) is 1. The van der Waals surface area contributed by atoms with Crippen LogP contribution in [0.25, 0.3) is 10.8 Å². The van der Waals surface area contributed by atoms with Crippen LogP contribution in [0.15, 0.2) is 41.5 Å². The van der Waals surface area contributed by atoms with Crippen molar-refractivity contribution in [3.63, 3.8) is 0 Å². The van der Waals surface area contributed by atoms with Gasteiger partial charge in [-0.1, -0.05) is 24.3 Å². The molecule has 0 radical (unpaired) electrons. The van der Waals surface area contributed by atoms with Crippen molar-refractivity contribution in [2.75, 3.05) is 26.7 Å². The highest BCUT2D eigenvalue weighted by molar-refractivity contribution is 5.85. The maximum Gasteiger partial charge on any atom is 0.310 e. The number of hydrogen-bond acceptors (Lipinski definition) is 4. The second-order valence-corrected chi connectivity index (χ2v) is 6.42. The minimum atomic E-state index is -0.108. The predicted molar refractivity (Wildman–Crippen MR) is 103 cm³/mol. The fourth-order valence-corrected chi connectivity index (χ4v) is 3.44. The molecule has 1 aromatic heterocycles. The van der Waals surface area contributed by atoms with E-state index < -0.39 is 0 Å². The van der Waals surface area contributed by atoms with Crippen LogP contribution in [0.2, 0.25) is 0 Å². The van der Waals surface area contributed by atoms with Crippen LogP contribution in [0.3, 0.4) is 0 Å². The summed E-state index contributed by atoms with van der Waals surface area (Å²) in [7, 11) is 1.77. The van der Waals surface area contributed by atoms with Gasteiger partial charge in [0, 0.05) is 31.7 Å². The number of aromatic nitrogens is 1. The maximum atomic E-state index is 12.1. The molecule has 0 aliphatic carbocycles. The molecular formula is C20H26N4O2. The van der Waals surface area contributed by atoms with Gasteiger partial charge < -0.3 is 15.0 Å². The molecule has 6 heteroatoms. The van der Waals surface area contributed by atoms with E-state index in [1.165, 1.54) is 5.39 Å². The van der Waals surface area contributed by atoms with Crippen LogP contribution >= 0.6 is 0 Å². The van der Waals surface area contributed by atoms with Gasteiger partial charge in [-0.2, -0.15) is 0 Å². The maximum absolute atomic E-state index is 12.1. The van der Waals surface area contributed by atoms with E-state index in [9.17, 15) is 4.79 Å². The number of fused-ring (bicyclic) bond motifs is 1. The SMILES string of the molecule is CCOC(=O)C1CCCN(C(=NC)NCc2nccc3ccccc23)C1. The van der Waals surface area contributed by atoms with Gasteiger partial charge in [-0.3, -0.25) is 14.8 Å². The fraction of sp³-hybridized carbons (Fsp3) is 0.450. The van der Waals surface area contributed by atoms with Gasteiger partial charge in [0.15, 0.2) is 5.96 Å². The predicted octanol–water partition coefficient (Wildman–Crippen LogP) is 2.59. The van der Waals surface area contributed by atoms with Crippen molar-refractivity contribution in [3.05, 3.63) is 42.2 Å². The van der Waals surface area contributed by atoms with Gasteiger partial charge in [-0.15, -0.1) is 0 Å². The number of benzene rings is 1. The third-order valence-corrected chi connectivity index (χ3v) is 4.72. The Bertz CT molecular complexity index is 785. The molecule has 26 heavy (non-hydrogen) atoms. The Balaban J connectivity index is 1.67. The van der Waals surface area contributed by atoms with Crippen LogP contribution < -0.4 is 5.32 Å². The summed E-state index contributed by atoms with van der Waals surface area (Å²) >= 11 is 0. The third-order valence-electron chi connectivity index (χ3n) is 4.72. The Morgan fingerprint density at radius 3 is 3.04 bits per heavy atom. The van der Waals surface area contributed by atoms with Crippen molar-refractivity contribution in [2.24, 2.45) is 10.9 Å². The van der Waals surface area contributed by atoms with E-state index in [1.807, 2.05) is 31.3 Å². The molecule has 1 N–H and O–H groups in total. The normalized spacial score (nSPS) is 18.0. The Morgan fingerprint density at radius 2 is 2.23 bits per heavy atom. The minimum absolute atomic E-state index is 0.0852. The number of carbonyl (C=O) groups excluding carboxylic acids is 1. The van der Waals surface area contributed by atoms with E-state index >= 15 is 0 Å². The summed E-state index contributed by atoms with van der Waals surface area (Å²) in [5.74, 6) is 0.607. The fourth-order valence-electron chi connectivity index (χ4n) is 3.44. The van der Waals surface area contributed by atoms with Gasteiger partial charge in [-0.05, 0) is 31.2 Å². The number of guanidine groups is 1. The smallest absolute Gasteiger partial charge is 0.310 e. The second-order valence-electron chi connectivity index (χ2n) is 6.42. The molecule has 0 bridgehead atoms. The molecule has 2 aromatic rings. The van der Waals surface area contributed by atoms with Gasteiger partial charge in [0.1, 0.15) is 0 Å². The summed E-state index contributed by atoms with van der Waals surface area (Å²) < 4.78 is 5.18. The zero-order valence-electron chi connectivity index (χ0n) is 15.4. The Labute approximate surface area is 154 Å². The quantitative estimate of drug-likeness (QED) is 0.519. The number of esters is 1. The highest BCUT2D eigenvalue weighted by Gasteiger charge is 2.28. The standard InChI is InChI=1S/C20H26N4O2/c1-3-26-19(25)16-8-6-12-24(14-16)20(21-2)23-13-18-17-9-5-4-7-15(17)10-11-22-18/h4-5,7,9-11,16H,3,6,8,12-14H2,1-2H3,(H,21,23). The Hall–Kier alpha value is -2.63. The minimum Gasteiger partial charge on any atom is -0.466 e. The van der Waals surface area contributed by atoms with E-state index in [1.54, 1.807) is 7.05 Å². The lowest BCUT2D eigenvalue weighted by atomic mass is 9.98. The van der Waals surface area contributed by atoms with Crippen LogP contribution in [0.4, 0.5) is 0 Å². The number of rotatable bonds is 4. The van der Waals surface area contributed by atoms with Crippen LogP contribution in [-0.4, -0.2) is 48.6 Å². The van der Waals surface area contributed by atoms with Crippen molar-refractivity contribution in [3.8, 4) is 0 Å². The largest absolute Gasteiger partial charge is 0.466 e. The van der Waals surface area contributed by atoms with Gasteiger partial charge in [-0.25, -0.2) is 0 Å². The van der Waals surface area contributed by atoms with Crippen molar-refractivity contribution in [1.82, 2.24) is 15.2 Å². The molecule has 0 spiro atoms. The highest BCUT2D eigenvalue weighted by atomic mass is 16.5. The average molecular weight is 354 g/mol. The summed E-state index contributed by atoms with van der Waals surface area (Å²) in [6, 6.07) is 10.2. The molecule has 0 saturated carbocycles. The lowest BCUT2D eigenvalue weighted by Gasteiger charge is -2.33. The Morgan fingerprint density at radius 1 is 1.38 bits per heavy atom. The van der Waals surface area contributed by atoms with Crippen molar-refractivity contribution in [2.45, 2.75) is 26.3 Å². The lowest BCUT2D eigenvalue weighted by Crippen LogP contribution is -2.48. The van der Waals surface area contributed by atoms with E-state index in [-0.39, 0.29) is 11.9 Å². The molecule has 1 aliphatic heterocycles. The molecule has 1 aromatic carbocycles.